The number of aromatic nitrogens is 3. The summed E-state index contributed by atoms with van der Waals surface area (Å²) in [6, 6.07) is 5.14. The van der Waals surface area contributed by atoms with Crippen molar-refractivity contribution in [1.29, 1.82) is 0 Å². The van der Waals surface area contributed by atoms with E-state index >= 15 is 0 Å². The zero-order valence-electron chi connectivity index (χ0n) is 11.9. The summed E-state index contributed by atoms with van der Waals surface area (Å²) in [6.07, 6.45) is 7.36. The van der Waals surface area contributed by atoms with Crippen LogP contribution in [0.25, 0.3) is 0 Å². The van der Waals surface area contributed by atoms with Gasteiger partial charge in [0.05, 0.1) is 6.54 Å². The lowest BCUT2D eigenvalue weighted by molar-refractivity contribution is 0.119. The molecule has 3 heterocycles. The third kappa shape index (κ3) is 3.23. The second-order valence-electron chi connectivity index (χ2n) is 4.97. The molecule has 8 heteroatoms. The smallest absolute Gasteiger partial charge is 0.316 e. The fourth-order valence-electron chi connectivity index (χ4n) is 2.36. The summed E-state index contributed by atoms with van der Waals surface area (Å²) >= 11 is 0. The van der Waals surface area contributed by atoms with Crippen LogP contribution in [0.1, 0.15) is 12.8 Å². The van der Waals surface area contributed by atoms with Crippen molar-refractivity contribution >= 4 is 10.0 Å². The molecule has 1 atom stereocenters. The van der Waals surface area contributed by atoms with Crippen molar-refractivity contribution in [2.45, 2.75) is 23.8 Å². The molecule has 1 saturated heterocycles. The topological polar surface area (TPSA) is 85.3 Å². The first-order valence-electron chi connectivity index (χ1n) is 7.00. The van der Waals surface area contributed by atoms with E-state index < -0.39 is 10.0 Å². The minimum Gasteiger partial charge on any atom is -0.459 e. The van der Waals surface area contributed by atoms with E-state index in [2.05, 4.69) is 15.0 Å². The maximum Gasteiger partial charge on any atom is 0.316 e. The molecule has 0 saturated carbocycles. The van der Waals surface area contributed by atoms with Gasteiger partial charge in [-0.3, -0.25) is 4.98 Å². The Morgan fingerprint density at radius 2 is 2.00 bits per heavy atom. The van der Waals surface area contributed by atoms with E-state index in [9.17, 15) is 8.42 Å². The maximum absolute atomic E-state index is 12.6. The Balaban J connectivity index is 1.73. The molecule has 3 rings (SSSR count). The Morgan fingerprint density at radius 3 is 2.73 bits per heavy atom. The van der Waals surface area contributed by atoms with Crippen LogP contribution in [-0.2, 0) is 10.0 Å². The second kappa shape index (κ2) is 6.37. The van der Waals surface area contributed by atoms with Gasteiger partial charge < -0.3 is 4.74 Å². The Morgan fingerprint density at radius 1 is 1.18 bits per heavy atom. The fraction of sp³-hybridized carbons (Fsp3) is 0.357. The normalized spacial score (nSPS) is 19.7. The lowest BCUT2D eigenvalue weighted by Gasteiger charge is -2.31. The van der Waals surface area contributed by atoms with Gasteiger partial charge in [-0.05, 0) is 31.0 Å². The molecule has 0 aromatic carbocycles. The molecule has 1 unspecified atom stereocenters. The first kappa shape index (κ1) is 14.9. The summed E-state index contributed by atoms with van der Waals surface area (Å²) < 4.78 is 32.3. The molecular weight excluding hydrogens is 304 g/mol. The minimum atomic E-state index is -3.54. The van der Waals surface area contributed by atoms with Gasteiger partial charge in [0.15, 0.2) is 0 Å². The van der Waals surface area contributed by atoms with Crippen molar-refractivity contribution in [1.82, 2.24) is 19.3 Å². The quantitative estimate of drug-likeness (QED) is 0.839. The van der Waals surface area contributed by atoms with Crippen molar-refractivity contribution < 1.29 is 13.2 Å². The molecule has 0 amide bonds. The predicted octanol–water partition coefficient (Wildman–Crippen LogP) is 1.10. The molecular formula is C14H16N4O3S. The third-order valence-electron chi connectivity index (χ3n) is 3.43. The highest BCUT2D eigenvalue weighted by atomic mass is 32.2. The predicted molar refractivity (Wildman–Crippen MR) is 78.7 cm³/mol. The van der Waals surface area contributed by atoms with Crippen LogP contribution in [0.5, 0.6) is 6.01 Å². The molecule has 22 heavy (non-hydrogen) atoms. The van der Waals surface area contributed by atoms with Crippen molar-refractivity contribution in [3.8, 4) is 6.01 Å². The largest absolute Gasteiger partial charge is 0.459 e. The van der Waals surface area contributed by atoms with Gasteiger partial charge in [0.1, 0.15) is 11.0 Å². The van der Waals surface area contributed by atoms with Crippen LogP contribution in [-0.4, -0.2) is 46.9 Å². The summed E-state index contributed by atoms with van der Waals surface area (Å²) in [6.45, 7) is 0.766. The van der Waals surface area contributed by atoms with Crippen molar-refractivity contribution in [2.75, 3.05) is 13.1 Å². The van der Waals surface area contributed by atoms with Gasteiger partial charge in [0.2, 0.25) is 10.0 Å². The molecule has 0 bridgehead atoms. The Bertz CT molecular complexity index is 709. The van der Waals surface area contributed by atoms with Crippen LogP contribution in [0, 0.1) is 0 Å². The molecule has 1 aliphatic rings. The monoisotopic (exact) mass is 320 g/mol. The second-order valence-corrected chi connectivity index (χ2v) is 6.90. The number of sulfonamides is 1. The van der Waals surface area contributed by atoms with Crippen LogP contribution in [0.2, 0.25) is 0 Å². The lowest BCUT2D eigenvalue weighted by atomic mass is 10.1. The zero-order chi connectivity index (χ0) is 15.4. The molecule has 2 aromatic rings. The summed E-state index contributed by atoms with van der Waals surface area (Å²) in [4.78, 5) is 12.1. The van der Waals surface area contributed by atoms with Gasteiger partial charge in [-0.2, -0.15) is 4.31 Å². The first-order chi connectivity index (χ1) is 10.7. The maximum atomic E-state index is 12.6. The van der Waals surface area contributed by atoms with Crippen LogP contribution >= 0.6 is 0 Å². The number of pyridine rings is 1. The Labute approximate surface area is 129 Å². The van der Waals surface area contributed by atoms with E-state index in [1.165, 1.54) is 10.5 Å². The van der Waals surface area contributed by atoms with Gasteiger partial charge >= 0.3 is 6.01 Å². The number of ether oxygens (including phenoxy) is 1. The molecule has 1 aliphatic heterocycles. The van der Waals surface area contributed by atoms with E-state index in [0.717, 1.165) is 12.8 Å². The Hall–Kier alpha value is -2.06. The average molecular weight is 320 g/mol. The highest BCUT2D eigenvalue weighted by Gasteiger charge is 2.31. The first-order valence-corrected chi connectivity index (χ1v) is 8.44. The molecule has 7 nitrogen and oxygen atoms in total. The molecule has 116 valence electrons. The zero-order valence-corrected chi connectivity index (χ0v) is 12.7. The summed E-state index contributed by atoms with van der Waals surface area (Å²) in [7, 11) is -3.54. The summed E-state index contributed by atoms with van der Waals surface area (Å²) in [5.41, 5.74) is 0. The van der Waals surface area contributed by atoms with Gasteiger partial charge in [-0.25, -0.2) is 18.4 Å². The van der Waals surface area contributed by atoms with Crippen LogP contribution in [0.4, 0.5) is 0 Å². The third-order valence-corrected chi connectivity index (χ3v) is 5.28. The number of nitrogens with zero attached hydrogens (tertiary/aromatic N) is 4. The molecule has 0 N–H and O–H groups in total. The molecule has 0 radical (unpaired) electrons. The van der Waals surface area contributed by atoms with Crippen LogP contribution in [0.15, 0.2) is 47.9 Å². The van der Waals surface area contributed by atoms with Crippen molar-refractivity contribution in [2.24, 2.45) is 0 Å². The average Bonchev–Trinajstić information content (AvgIpc) is 2.57. The number of hydrogen-bond acceptors (Lipinski definition) is 6. The lowest BCUT2D eigenvalue weighted by Crippen LogP contribution is -2.44. The molecule has 0 spiro atoms. The SMILES string of the molecule is O=S(=O)(c1cccnc1)N1CCCC(Oc2ncccn2)C1. The molecule has 0 aliphatic carbocycles. The Kier molecular flexibility index (Phi) is 4.30. The van der Waals surface area contributed by atoms with Gasteiger partial charge in [-0.15, -0.1) is 0 Å². The van der Waals surface area contributed by atoms with Gasteiger partial charge in [-0.1, -0.05) is 0 Å². The molecule has 1 fully saturated rings. The van der Waals surface area contributed by atoms with Crippen molar-refractivity contribution in [3.63, 3.8) is 0 Å². The fourth-order valence-corrected chi connectivity index (χ4v) is 3.84. The highest BCUT2D eigenvalue weighted by Crippen LogP contribution is 2.21. The summed E-state index contributed by atoms with van der Waals surface area (Å²) in [5.74, 6) is 0. The van der Waals surface area contributed by atoms with E-state index in [1.54, 1.807) is 36.8 Å². The van der Waals surface area contributed by atoms with Gasteiger partial charge in [0.25, 0.3) is 0 Å². The number of piperidine rings is 1. The highest BCUT2D eigenvalue weighted by molar-refractivity contribution is 7.89. The number of hydrogen-bond donors (Lipinski definition) is 0. The van der Waals surface area contributed by atoms with Crippen LogP contribution in [0.3, 0.4) is 0 Å². The van der Waals surface area contributed by atoms with E-state index in [0.29, 0.717) is 6.54 Å². The molecule has 2 aromatic heterocycles. The minimum absolute atomic E-state index is 0.201. The van der Waals surface area contributed by atoms with Crippen molar-refractivity contribution in [3.05, 3.63) is 43.0 Å². The van der Waals surface area contributed by atoms with Gasteiger partial charge in [0, 0.05) is 31.3 Å². The number of rotatable bonds is 4. The van der Waals surface area contributed by atoms with E-state index in [4.69, 9.17) is 4.74 Å². The van der Waals surface area contributed by atoms with E-state index in [-0.39, 0.29) is 23.6 Å². The summed E-state index contributed by atoms with van der Waals surface area (Å²) in [5, 5.41) is 0. The standard InChI is InChI=1S/C14H16N4O3S/c19-22(20,13-5-1-6-15-10-13)18-9-2-4-12(11-18)21-14-16-7-3-8-17-14/h1,3,5-8,10,12H,2,4,9,11H2. The van der Waals surface area contributed by atoms with Crippen LogP contribution < -0.4 is 4.74 Å². The van der Waals surface area contributed by atoms with E-state index in [1.807, 2.05) is 0 Å².